The van der Waals surface area contributed by atoms with Crippen LogP contribution in [0.5, 0.6) is 23.0 Å². The van der Waals surface area contributed by atoms with E-state index >= 15 is 0 Å². The SMILES string of the molecule is COc1cc(C=NNC(=O)COc2ccccc2Cl)cc(OC)c1O. The van der Waals surface area contributed by atoms with Crippen LogP contribution in [-0.2, 0) is 4.79 Å². The van der Waals surface area contributed by atoms with Crippen molar-refractivity contribution in [3.63, 3.8) is 0 Å². The molecule has 0 bridgehead atoms. The Kier molecular flexibility index (Phi) is 6.47. The second-order valence-electron chi connectivity index (χ2n) is 4.79. The molecule has 0 heterocycles. The second-order valence-corrected chi connectivity index (χ2v) is 5.19. The van der Waals surface area contributed by atoms with Crippen molar-refractivity contribution < 1.29 is 24.1 Å². The molecule has 0 aliphatic heterocycles. The van der Waals surface area contributed by atoms with Crippen LogP contribution >= 0.6 is 11.6 Å². The first-order chi connectivity index (χ1) is 12.0. The Balaban J connectivity index is 1.94. The van der Waals surface area contributed by atoms with Gasteiger partial charge in [0.05, 0.1) is 25.5 Å². The number of phenolic OH excluding ortho intramolecular Hbond substituents is 1. The molecule has 0 fully saturated rings. The van der Waals surface area contributed by atoms with E-state index in [-0.39, 0.29) is 23.9 Å². The van der Waals surface area contributed by atoms with E-state index in [4.69, 9.17) is 25.8 Å². The van der Waals surface area contributed by atoms with Crippen molar-refractivity contribution in [2.45, 2.75) is 0 Å². The van der Waals surface area contributed by atoms with Gasteiger partial charge < -0.3 is 19.3 Å². The topological polar surface area (TPSA) is 89.4 Å². The van der Waals surface area contributed by atoms with E-state index in [0.29, 0.717) is 16.3 Å². The van der Waals surface area contributed by atoms with Gasteiger partial charge in [0.15, 0.2) is 18.1 Å². The number of hydrazone groups is 1. The van der Waals surface area contributed by atoms with Gasteiger partial charge in [0.25, 0.3) is 5.91 Å². The van der Waals surface area contributed by atoms with Crippen molar-refractivity contribution in [3.05, 3.63) is 47.0 Å². The zero-order valence-electron chi connectivity index (χ0n) is 13.7. The number of aromatic hydroxyl groups is 1. The molecule has 0 atom stereocenters. The summed E-state index contributed by atoms with van der Waals surface area (Å²) in [5, 5.41) is 14.1. The van der Waals surface area contributed by atoms with E-state index in [2.05, 4.69) is 10.5 Å². The van der Waals surface area contributed by atoms with Crippen molar-refractivity contribution in [2.75, 3.05) is 20.8 Å². The predicted molar refractivity (Wildman–Crippen MR) is 93.9 cm³/mol. The zero-order valence-corrected chi connectivity index (χ0v) is 14.4. The second kappa shape index (κ2) is 8.79. The van der Waals surface area contributed by atoms with Crippen LogP contribution in [0.2, 0.25) is 5.02 Å². The standard InChI is InChI=1S/C17H17ClN2O5/c1-23-14-7-11(8-15(24-2)17(14)22)9-19-20-16(21)10-25-13-6-4-3-5-12(13)18/h3-9,22H,10H2,1-2H3,(H,20,21). The molecule has 0 spiro atoms. The van der Waals surface area contributed by atoms with Gasteiger partial charge in [-0.15, -0.1) is 0 Å². The summed E-state index contributed by atoms with van der Waals surface area (Å²) in [4.78, 5) is 11.7. The molecule has 2 aromatic rings. The minimum atomic E-state index is -0.450. The van der Waals surface area contributed by atoms with Gasteiger partial charge in [-0.1, -0.05) is 23.7 Å². The van der Waals surface area contributed by atoms with Gasteiger partial charge in [-0.2, -0.15) is 5.10 Å². The van der Waals surface area contributed by atoms with Gasteiger partial charge >= 0.3 is 0 Å². The number of ether oxygens (including phenoxy) is 3. The van der Waals surface area contributed by atoms with Crippen LogP contribution in [0, 0.1) is 0 Å². The first kappa shape index (κ1) is 18.4. The molecule has 2 N–H and O–H groups in total. The zero-order chi connectivity index (χ0) is 18.2. The number of benzene rings is 2. The molecule has 2 aromatic carbocycles. The number of amides is 1. The van der Waals surface area contributed by atoms with E-state index in [1.54, 1.807) is 36.4 Å². The van der Waals surface area contributed by atoms with Gasteiger partial charge in [0.2, 0.25) is 5.75 Å². The van der Waals surface area contributed by atoms with Crippen LogP contribution in [0.4, 0.5) is 0 Å². The van der Waals surface area contributed by atoms with Crippen LogP contribution in [-0.4, -0.2) is 38.1 Å². The van der Waals surface area contributed by atoms with Crippen molar-refractivity contribution in [1.82, 2.24) is 5.43 Å². The Bertz CT molecular complexity index is 754. The van der Waals surface area contributed by atoms with Crippen molar-refractivity contribution in [2.24, 2.45) is 5.10 Å². The van der Waals surface area contributed by atoms with Gasteiger partial charge in [-0.3, -0.25) is 4.79 Å². The fourth-order valence-corrected chi connectivity index (χ4v) is 2.09. The smallest absolute Gasteiger partial charge is 0.277 e. The molecule has 1 amide bonds. The molecule has 25 heavy (non-hydrogen) atoms. The number of nitrogens with one attached hydrogen (secondary N) is 1. The number of halogens is 1. The summed E-state index contributed by atoms with van der Waals surface area (Å²) in [6.07, 6.45) is 1.39. The monoisotopic (exact) mass is 364 g/mol. The Morgan fingerprint density at radius 2 is 1.84 bits per heavy atom. The number of hydrogen-bond acceptors (Lipinski definition) is 6. The molecular formula is C17H17ClN2O5. The molecule has 132 valence electrons. The van der Waals surface area contributed by atoms with Crippen LogP contribution in [0.1, 0.15) is 5.56 Å². The summed E-state index contributed by atoms with van der Waals surface area (Å²) >= 11 is 5.93. The van der Waals surface area contributed by atoms with E-state index in [1.807, 2.05) is 0 Å². The Morgan fingerprint density at radius 1 is 1.20 bits per heavy atom. The van der Waals surface area contributed by atoms with E-state index in [0.717, 1.165) is 0 Å². The first-order valence-electron chi connectivity index (χ1n) is 7.19. The average Bonchev–Trinajstić information content (AvgIpc) is 2.62. The maximum atomic E-state index is 11.7. The van der Waals surface area contributed by atoms with Crippen LogP contribution < -0.4 is 19.6 Å². The van der Waals surface area contributed by atoms with E-state index in [1.165, 1.54) is 20.4 Å². The van der Waals surface area contributed by atoms with Gasteiger partial charge in [0.1, 0.15) is 5.75 Å². The average molecular weight is 365 g/mol. The lowest BCUT2D eigenvalue weighted by atomic mass is 10.2. The number of methoxy groups -OCH3 is 2. The van der Waals surface area contributed by atoms with Gasteiger partial charge in [-0.25, -0.2) is 5.43 Å². The lowest BCUT2D eigenvalue weighted by molar-refractivity contribution is -0.123. The third-order valence-corrected chi connectivity index (χ3v) is 3.41. The molecule has 8 heteroatoms. The first-order valence-corrected chi connectivity index (χ1v) is 7.57. The number of rotatable bonds is 7. The van der Waals surface area contributed by atoms with Crippen molar-refractivity contribution in [1.29, 1.82) is 0 Å². The summed E-state index contributed by atoms with van der Waals surface area (Å²) in [5.74, 6) is 0.313. The fraction of sp³-hybridized carbons (Fsp3) is 0.176. The highest BCUT2D eigenvalue weighted by Crippen LogP contribution is 2.36. The number of phenols is 1. The normalized spacial score (nSPS) is 10.5. The number of para-hydroxylation sites is 1. The van der Waals surface area contributed by atoms with Gasteiger partial charge in [-0.05, 0) is 24.3 Å². The third-order valence-electron chi connectivity index (χ3n) is 3.10. The molecule has 0 saturated carbocycles. The summed E-state index contributed by atoms with van der Waals surface area (Å²) in [5.41, 5.74) is 2.90. The van der Waals surface area contributed by atoms with Crippen LogP contribution in [0.25, 0.3) is 0 Å². The van der Waals surface area contributed by atoms with Crippen LogP contribution in [0.3, 0.4) is 0 Å². The fourth-order valence-electron chi connectivity index (χ4n) is 1.90. The molecule has 0 unspecified atom stereocenters. The minimum Gasteiger partial charge on any atom is -0.502 e. The van der Waals surface area contributed by atoms with Crippen molar-refractivity contribution in [3.8, 4) is 23.0 Å². The number of hydrogen-bond donors (Lipinski definition) is 2. The highest BCUT2D eigenvalue weighted by Gasteiger charge is 2.10. The molecular weight excluding hydrogens is 348 g/mol. The van der Waals surface area contributed by atoms with Gasteiger partial charge in [0, 0.05) is 5.56 Å². The lowest BCUT2D eigenvalue weighted by Gasteiger charge is -2.09. The maximum Gasteiger partial charge on any atom is 0.277 e. The third kappa shape index (κ3) is 5.02. The largest absolute Gasteiger partial charge is 0.502 e. The molecule has 0 aromatic heterocycles. The Morgan fingerprint density at radius 3 is 2.44 bits per heavy atom. The highest BCUT2D eigenvalue weighted by atomic mass is 35.5. The quantitative estimate of drug-likeness (QED) is 0.582. The number of nitrogens with zero attached hydrogens (tertiary/aromatic N) is 1. The summed E-state index contributed by atoms with van der Waals surface area (Å²) < 4.78 is 15.4. The number of carbonyl (C=O) groups excluding carboxylic acids is 1. The predicted octanol–water partition coefficient (Wildman–Crippen LogP) is 2.59. The molecule has 2 rings (SSSR count). The molecule has 0 aliphatic carbocycles. The lowest BCUT2D eigenvalue weighted by Crippen LogP contribution is -2.24. The Hall–Kier alpha value is -2.93. The summed E-state index contributed by atoms with van der Waals surface area (Å²) in [6, 6.07) is 9.94. The minimum absolute atomic E-state index is 0.112. The highest BCUT2D eigenvalue weighted by molar-refractivity contribution is 6.32. The molecule has 7 nitrogen and oxygen atoms in total. The Labute approximate surface area is 149 Å². The molecule has 0 saturated heterocycles. The van der Waals surface area contributed by atoms with E-state index < -0.39 is 5.91 Å². The van der Waals surface area contributed by atoms with E-state index in [9.17, 15) is 9.90 Å². The summed E-state index contributed by atoms with van der Waals surface area (Å²) in [7, 11) is 2.84. The number of carbonyl (C=O) groups is 1. The summed E-state index contributed by atoms with van der Waals surface area (Å²) in [6.45, 7) is -0.233. The molecule has 0 radical (unpaired) electrons. The molecule has 0 aliphatic rings. The maximum absolute atomic E-state index is 11.7. The van der Waals surface area contributed by atoms with Crippen LogP contribution in [0.15, 0.2) is 41.5 Å². The van der Waals surface area contributed by atoms with Crippen molar-refractivity contribution >= 4 is 23.7 Å².